The Morgan fingerprint density at radius 2 is 1.82 bits per heavy atom. The van der Waals surface area contributed by atoms with Gasteiger partial charge in [-0.3, -0.25) is 0 Å². The Morgan fingerprint density at radius 3 is 2.50 bits per heavy atom. The summed E-state index contributed by atoms with van der Waals surface area (Å²) in [5.41, 5.74) is 4.49. The number of halogens is 2. The van der Waals surface area contributed by atoms with Crippen molar-refractivity contribution in [3.8, 4) is 5.75 Å². The average Bonchev–Trinajstić information content (AvgIpc) is 2.66. The van der Waals surface area contributed by atoms with Crippen molar-refractivity contribution >= 4 is 40.3 Å². The van der Waals surface area contributed by atoms with Crippen LogP contribution in [0.3, 0.4) is 0 Å². The van der Waals surface area contributed by atoms with Gasteiger partial charge in [-0.2, -0.15) is 0 Å². The van der Waals surface area contributed by atoms with E-state index in [9.17, 15) is 9.50 Å². The molecule has 0 aromatic heterocycles. The van der Waals surface area contributed by atoms with Gasteiger partial charge in [0.05, 0.1) is 11.6 Å². The zero-order valence-corrected chi connectivity index (χ0v) is 17.1. The van der Waals surface area contributed by atoms with Crippen LogP contribution in [0.4, 0.5) is 15.8 Å². The van der Waals surface area contributed by atoms with Crippen LogP contribution in [0.1, 0.15) is 16.7 Å². The van der Waals surface area contributed by atoms with Gasteiger partial charge >= 0.3 is 0 Å². The first-order valence-electron chi connectivity index (χ1n) is 8.73. The van der Waals surface area contributed by atoms with Gasteiger partial charge in [0, 0.05) is 16.9 Å². The van der Waals surface area contributed by atoms with Crippen LogP contribution in [-0.4, -0.2) is 10.2 Å². The van der Waals surface area contributed by atoms with Gasteiger partial charge in [-0.05, 0) is 73.6 Å². The lowest BCUT2D eigenvalue weighted by Crippen LogP contribution is -2.34. The highest BCUT2D eigenvalue weighted by Gasteiger charge is 2.17. The topological polar surface area (TPSA) is 35.5 Å². The molecule has 0 aliphatic rings. The SMILES string of the molecule is Cc1ccc(NC(=S)N(Cc2ccccc2O)c2ccc(F)c(Cl)c2)cc1C. The highest BCUT2D eigenvalue weighted by molar-refractivity contribution is 7.80. The van der Waals surface area contributed by atoms with E-state index in [0.717, 1.165) is 11.3 Å². The molecule has 0 unspecified atom stereocenters. The third kappa shape index (κ3) is 4.61. The summed E-state index contributed by atoms with van der Waals surface area (Å²) in [6.45, 7) is 4.37. The van der Waals surface area contributed by atoms with Crippen molar-refractivity contribution in [2.75, 3.05) is 10.2 Å². The van der Waals surface area contributed by atoms with Crippen LogP contribution < -0.4 is 10.2 Å². The smallest absolute Gasteiger partial charge is 0.178 e. The Balaban J connectivity index is 1.94. The minimum atomic E-state index is -0.499. The Morgan fingerprint density at radius 1 is 1.07 bits per heavy atom. The third-order valence-electron chi connectivity index (χ3n) is 4.54. The summed E-state index contributed by atoms with van der Waals surface area (Å²) < 4.78 is 13.6. The molecule has 0 saturated heterocycles. The Labute approximate surface area is 174 Å². The van der Waals surface area contributed by atoms with Crippen molar-refractivity contribution in [2.24, 2.45) is 0 Å². The normalized spacial score (nSPS) is 10.6. The summed E-state index contributed by atoms with van der Waals surface area (Å²) in [6.07, 6.45) is 0. The van der Waals surface area contributed by atoms with E-state index < -0.39 is 5.82 Å². The van der Waals surface area contributed by atoms with Gasteiger partial charge in [0.2, 0.25) is 0 Å². The van der Waals surface area contributed by atoms with Crippen molar-refractivity contribution in [3.05, 3.63) is 88.2 Å². The molecule has 0 heterocycles. The summed E-state index contributed by atoms with van der Waals surface area (Å²) in [4.78, 5) is 1.77. The van der Waals surface area contributed by atoms with Crippen molar-refractivity contribution in [3.63, 3.8) is 0 Å². The quantitative estimate of drug-likeness (QED) is 0.498. The predicted molar refractivity (Wildman–Crippen MR) is 118 cm³/mol. The Hall–Kier alpha value is -2.63. The van der Waals surface area contributed by atoms with Gasteiger partial charge < -0.3 is 15.3 Å². The van der Waals surface area contributed by atoms with Crippen molar-refractivity contribution in [1.82, 2.24) is 0 Å². The van der Waals surface area contributed by atoms with Gasteiger partial charge in [0.15, 0.2) is 5.11 Å². The van der Waals surface area contributed by atoms with E-state index in [2.05, 4.69) is 5.32 Å². The van der Waals surface area contributed by atoms with Crippen molar-refractivity contribution in [1.29, 1.82) is 0 Å². The maximum atomic E-state index is 13.6. The second-order valence-corrected chi connectivity index (χ2v) is 7.34. The summed E-state index contributed by atoms with van der Waals surface area (Å²) in [7, 11) is 0. The predicted octanol–water partition coefficient (Wildman–Crippen LogP) is 6.21. The Bertz CT molecular complexity index is 1030. The monoisotopic (exact) mass is 414 g/mol. The minimum absolute atomic E-state index is 0.00811. The molecular weight excluding hydrogens is 395 g/mol. The van der Waals surface area contributed by atoms with Crippen LogP contribution in [-0.2, 0) is 6.54 Å². The highest BCUT2D eigenvalue weighted by atomic mass is 35.5. The summed E-state index contributed by atoms with van der Waals surface area (Å²) in [6, 6.07) is 17.4. The summed E-state index contributed by atoms with van der Waals surface area (Å²) in [5.74, 6) is -0.337. The number of aryl methyl sites for hydroxylation is 2. The molecule has 0 spiro atoms. The molecule has 3 rings (SSSR count). The number of phenolic OH excluding ortho intramolecular Hbond substituents is 1. The maximum absolute atomic E-state index is 13.6. The number of hydrogen-bond donors (Lipinski definition) is 2. The second kappa shape index (κ2) is 8.59. The zero-order valence-electron chi connectivity index (χ0n) is 15.5. The molecule has 0 saturated carbocycles. The van der Waals surface area contributed by atoms with Crippen LogP contribution in [0.15, 0.2) is 60.7 Å². The van der Waals surface area contributed by atoms with E-state index in [1.807, 2.05) is 44.2 Å². The number of anilines is 2. The average molecular weight is 415 g/mol. The summed E-state index contributed by atoms with van der Waals surface area (Å²) in [5, 5.41) is 13.8. The molecule has 0 aliphatic carbocycles. The van der Waals surface area contributed by atoms with Gasteiger partial charge in [-0.1, -0.05) is 35.9 Å². The molecule has 144 valence electrons. The molecule has 2 N–H and O–H groups in total. The molecule has 3 aromatic carbocycles. The lowest BCUT2D eigenvalue weighted by Gasteiger charge is -2.27. The number of benzene rings is 3. The molecule has 0 aliphatic heterocycles. The number of nitrogens with zero attached hydrogens (tertiary/aromatic N) is 1. The number of hydrogen-bond acceptors (Lipinski definition) is 2. The molecular formula is C22H20ClFN2OS. The van der Waals surface area contributed by atoms with E-state index in [1.165, 1.54) is 17.7 Å². The first-order valence-corrected chi connectivity index (χ1v) is 9.51. The van der Waals surface area contributed by atoms with Crippen LogP contribution >= 0.6 is 23.8 Å². The number of rotatable bonds is 4. The molecule has 0 radical (unpaired) electrons. The number of nitrogens with one attached hydrogen (secondary N) is 1. The third-order valence-corrected chi connectivity index (χ3v) is 5.15. The number of phenols is 1. The number of para-hydroxylation sites is 1. The van der Waals surface area contributed by atoms with E-state index in [0.29, 0.717) is 22.9 Å². The molecule has 0 amide bonds. The lowest BCUT2D eigenvalue weighted by molar-refractivity contribution is 0.468. The molecule has 3 aromatic rings. The van der Waals surface area contributed by atoms with E-state index >= 15 is 0 Å². The first kappa shape index (κ1) is 20.1. The van der Waals surface area contributed by atoms with Crippen LogP contribution in [0, 0.1) is 19.7 Å². The lowest BCUT2D eigenvalue weighted by atomic mass is 10.1. The van der Waals surface area contributed by atoms with Crippen LogP contribution in [0.25, 0.3) is 0 Å². The first-order chi connectivity index (χ1) is 13.3. The summed E-state index contributed by atoms with van der Waals surface area (Å²) >= 11 is 11.6. The van der Waals surface area contributed by atoms with Gasteiger partial charge in [-0.15, -0.1) is 0 Å². The molecule has 6 heteroatoms. The van der Waals surface area contributed by atoms with Crippen LogP contribution in [0.2, 0.25) is 5.02 Å². The molecule has 0 atom stereocenters. The molecule has 0 bridgehead atoms. The van der Waals surface area contributed by atoms with Crippen LogP contribution in [0.5, 0.6) is 5.75 Å². The van der Waals surface area contributed by atoms with Gasteiger partial charge in [0.25, 0.3) is 0 Å². The molecule has 3 nitrogen and oxygen atoms in total. The van der Waals surface area contributed by atoms with E-state index in [1.54, 1.807) is 23.1 Å². The van der Waals surface area contributed by atoms with Gasteiger partial charge in [-0.25, -0.2) is 4.39 Å². The fourth-order valence-electron chi connectivity index (χ4n) is 2.76. The number of thiocarbonyl (C=S) groups is 1. The van der Waals surface area contributed by atoms with Gasteiger partial charge in [0.1, 0.15) is 11.6 Å². The number of aromatic hydroxyl groups is 1. The Kier molecular flexibility index (Phi) is 6.17. The zero-order chi connectivity index (χ0) is 20.3. The highest BCUT2D eigenvalue weighted by Crippen LogP contribution is 2.27. The largest absolute Gasteiger partial charge is 0.508 e. The van der Waals surface area contributed by atoms with Crippen molar-refractivity contribution < 1.29 is 9.50 Å². The maximum Gasteiger partial charge on any atom is 0.178 e. The minimum Gasteiger partial charge on any atom is -0.508 e. The second-order valence-electron chi connectivity index (χ2n) is 6.54. The fraction of sp³-hybridized carbons (Fsp3) is 0.136. The fourth-order valence-corrected chi connectivity index (χ4v) is 3.22. The molecule has 0 fully saturated rings. The van der Waals surface area contributed by atoms with E-state index in [4.69, 9.17) is 23.8 Å². The molecule has 28 heavy (non-hydrogen) atoms. The standard InChI is InChI=1S/C22H20ClFN2OS/c1-14-7-8-17(11-15(14)2)25-22(28)26(13-16-5-3-4-6-21(16)27)18-9-10-20(24)19(23)12-18/h3-12,27H,13H2,1-2H3,(H,25,28). The van der Waals surface area contributed by atoms with Crippen molar-refractivity contribution in [2.45, 2.75) is 20.4 Å². The van der Waals surface area contributed by atoms with E-state index in [-0.39, 0.29) is 10.8 Å².